The van der Waals surface area contributed by atoms with Crippen LogP contribution in [0.5, 0.6) is 0 Å². The standard InChI is InChI=1S/C36H60N4O5/c1-10-21(2)26(37)28(41)44-24-13-15-35-20-34(35)18-17-31(7)27(33(9)14-12-25(45-33)30(5,6)40-43)22(39-42)19-32(31,8)23(34)11-16-36(35,38)29(24,3)4/h21-27H,10-20,37-38H2,1-9H3/t21?,22-,23?,24-,25-,26+,27-,31+,32-,33+,34?,35-,36+/m0/s1. The summed E-state index contributed by atoms with van der Waals surface area (Å²) in [6.45, 7) is 19.2. The van der Waals surface area contributed by atoms with Gasteiger partial charge in [-0.3, -0.25) is 4.79 Å². The number of hydrogen-bond donors (Lipinski definition) is 2. The first kappa shape index (κ1) is 33.5. The van der Waals surface area contributed by atoms with Crippen LogP contribution >= 0.6 is 0 Å². The van der Waals surface area contributed by atoms with Crippen LogP contribution in [-0.4, -0.2) is 46.9 Å². The van der Waals surface area contributed by atoms with E-state index in [1.807, 2.05) is 27.7 Å². The number of nitroso groups, excluding NO2 is 2. The second kappa shape index (κ2) is 10.0. The summed E-state index contributed by atoms with van der Waals surface area (Å²) in [4.78, 5) is 37.5. The molecular weight excluding hydrogens is 568 g/mol. The predicted molar refractivity (Wildman–Crippen MR) is 175 cm³/mol. The zero-order chi connectivity index (χ0) is 33.2. The summed E-state index contributed by atoms with van der Waals surface area (Å²) in [5, 5.41) is 7.25. The van der Waals surface area contributed by atoms with Crippen molar-refractivity contribution < 1.29 is 14.3 Å². The van der Waals surface area contributed by atoms with Gasteiger partial charge in [-0.25, -0.2) is 0 Å². The van der Waals surface area contributed by atoms with Crippen molar-refractivity contribution in [2.75, 3.05) is 0 Å². The van der Waals surface area contributed by atoms with Crippen LogP contribution in [0.15, 0.2) is 10.4 Å². The number of esters is 1. The minimum Gasteiger partial charge on any atom is -0.461 e. The van der Waals surface area contributed by atoms with E-state index in [9.17, 15) is 14.6 Å². The largest absolute Gasteiger partial charge is 0.461 e. The number of fused-ring (bicyclic) bond motifs is 2. The Morgan fingerprint density at radius 2 is 1.69 bits per heavy atom. The number of ether oxygens (including phenoxy) is 2. The zero-order valence-electron chi connectivity index (χ0n) is 29.4. The number of nitrogens with two attached hydrogens (primary N) is 2. The van der Waals surface area contributed by atoms with E-state index in [2.05, 4.69) is 45.0 Å². The molecule has 0 amide bonds. The number of carbonyl (C=O) groups is 1. The average Bonchev–Trinajstić information content (AvgIpc) is 3.38. The number of carbonyl (C=O) groups excluding carboxylic acids is 1. The molecule has 9 heteroatoms. The van der Waals surface area contributed by atoms with Crippen molar-refractivity contribution in [1.82, 2.24) is 0 Å². The van der Waals surface area contributed by atoms with Gasteiger partial charge in [0.05, 0.1) is 17.7 Å². The molecular formula is C36H60N4O5. The lowest BCUT2D eigenvalue weighted by atomic mass is 9.40. The van der Waals surface area contributed by atoms with Crippen molar-refractivity contribution in [2.24, 2.45) is 66.6 Å². The molecule has 254 valence electrons. The Morgan fingerprint density at radius 3 is 2.31 bits per heavy atom. The highest BCUT2D eigenvalue weighted by atomic mass is 16.5. The van der Waals surface area contributed by atoms with Crippen molar-refractivity contribution in [3.8, 4) is 0 Å². The lowest BCUT2D eigenvalue weighted by Crippen LogP contribution is -2.71. The second-order valence-corrected chi connectivity index (χ2v) is 18.5. The first-order valence-electron chi connectivity index (χ1n) is 17.9. The summed E-state index contributed by atoms with van der Waals surface area (Å²) in [6, 6.07) is -0.947. The van der Waals surface area contributed by atoms with Gasteiger partial charge >= 0.3 is 5.97 Å². The Hall–Kier alpha value is -1.45. The van der Waals surface area contributed by atoms with Gasteiger partial charge in [-0.05, 0) is 118 Å². The van der Waals surface area contributed by atoms with Crippen LogP contribution in [0.4, 0.5) is 0 Å². The zero-order valence-corrected chi connectivity index (χ0v) is 29.4. The molecule has 0 aromatic carbocycles. The Labute approximate surface area is 270 Å². The maximum atomic E-state index is 13.1. The highest BCUT2D eigenvalue weighted by molar-refractivity contribution is 5.76. The Bertz CT molecular complexity index is 1260. The lowest BCUT2D eigenvalue weighted by Gasteiger charge is -2.66. The maximum Gasteiger partial charge on any atom is 0.323 e. The third kappa shape index (κ3) is 3.98. The molecule has 5 saturated carbocycles. The summed E-state index contributed by atoms with van der Waals surface area (Å²) in [5.41, 5.74) is 11.7. The van der Waals surface area contributed by atoms with Crippen molar-refractivity contribution in [3.63, 3.8) is 0 Å². The molecule has 6 fully saturated rings. The van der Waals surface area contributed by atoms with Crippen molar-refractivity contribution in [2.45, 2.75) is 174 Å². The predicted octanol–water partition coefficient (Wildman–Crippen LogP) is 7.02. The normalized spacial score (nSPS) is 51.1. The SMILES string of the molecule is CCC(C)[C@@H](N)C(=O)O[C@H]1CC[C@]23CC24CC[C@]2(C)[C@@H]([C@@]5(C)CC[C@@H](C(C)(C)N=O)O5)[C@@H](N=O)C[C@@]2(C)C4CC[C@@]3(N)C1(C)C. The fraction of sp³-hybridized carbons (Fsp3) is 0.972. The first-order chi connectivity index (χ1) is 20.8. The molecule has 0 radical (unpaired) electrons. The topological polar surface area (TPSA) is 146 Å². The van der Waals surface area contributed by atoms with Gasteiger partial charge in [0.2, 0.25) is 0 Å². The van der Waals surface area contributed by atoms with Crippen molar-refractivity contribution in [1.29, 1.82) is 0 Å². The van der Waals surface area contributed by atoms with E-state index in [1.165, 1.54) is 0 Å². The molecule has 1 aliphatic heterocycles. The first-order valence-corrected chi connectivity index (χ1v) is 17.9. The van der Waals surface area contributed by atoms with E-state index in [-0.39, 0.29) is 57.7 Å². The van der Waals surface area contributed by atoms with Crippen LogP contribution in [0.3, 0.4) is 0 Å². The van der Waals surface area contributed by atoms with E-state index in [0.717, 1.165) is 70.6 Å². The third-order valence-electron chi connectivity index (χ3n) is 16.4. The summed E-state index contributed by atoms with van der Waals surface area (Å²) < 4.78 is 13.0. The molecule has 3 unspecified atom stereocenters. The molecule has 1 heterocycles. The van der Waals surface area contributed by atoms with Crippen LogP contribution in [0.1, 0.15) is 133 Å². The van der Waals surface area contributed by atoms with Crippen molar-refractivity contribution >= 4 is 5.97 Å². The quantitative estimate of drug-likeness (QED) is 0.217. The van der Waals surface area contributed by atoms with Crippen LogP contribution in [0.2, 0.25) is 0 Å². The Balaban J connectivity index is 1.29. The third-order valence-corrected chi connectivity index (χ3v) is 16.4. The van der Waals surface area contributed by atoms with Gasteiger partial charge in [0.15, 0.2) is 0 Å². The summed E-state index contributed by atoms with van der Waals surface area (Å²) in [5.74, 6) is 0.191. The fourth-order valence-corrected chi connectivity index (χ4v) is 13.2. The highest BCUT2D eigenvalue weighted by Gasteiger charge is 2.87. The van der Waals surface area contributed by atoms with E-state index in [0.29, 0.717) is 5.92 Å². The van der Waals surface area contributed by atoms with Gasteiger partial charge in [-0.2, -0.15) is 9.81 Å². The Kier molecular flexibility index (Phi) is 7.46. The van der Waals surface area contributed by atoms with Crippen LogP contribution in [-0.2, 0) is 14.3 Å². The molecule has 5 aliphatic carbocycles. The summed E-state index contributed by atoms with van der Waals surface area (Å²) in [7, 11) is 0. The second-order valence-electron chi connectivity index (χ2n) is 18.5. The number of nitrogens with zero attached hydrogens (tertiary/aromatic N) is 2. The molecule has 0 aromatic heterocycles. The smallest absolute Gasteiger partial charge is 0.323 e. The number of rotatable bonds is 8. The molecule has 6 aliphatic rings. The van der Waals surface area contributed by atoms with E-state index < -0.39 is 28.1 Å². The molecule has 0 aromatic rings. The molecule has 6 rings (SSSR count). The molecule has 2 spiro atoms. The van der Waals surface area contributed by atoms with Gasteiger partial charge < -0.3 is 20.9 Å². The van der Waals surface area contributed by atoms with Gasteiger partial charge in [0.1, 0.15) is 17.7 Å². The lowest BCUT2D eigenvalue weighted by molar-refractivity contribution is -0.198. The maximum absolute atomic E-state index is 13.1. The summed E-state index contributed by atoms with van der Waals surface area (Å²) >= 11 is 0. The fourth-order valence-electron chi connectivity index (χ4n) is 13.2. The van der Waals surface area contributed by atoms with Crippen molar-refractivity contribution in [3.05, 3.63) is 9.81 Å². The van der Waals surface area contributed by atoms with Crippen LogP contribution in [0.25, 0.3) is 0 Å². The average molecular weight is 629 g/mol. The van der Waals surface area contributed by atoms with Gasteiger partial charge in [0, 0.05) is 16.9 Å². The number of hydrogen-bond acceptors (Lipinski definition) is 9. The summed E-state index contributed by atoms with van der Waals surface area (Å²) in [6.07, 6.45) is 9.51. The van der Waals surface area contributed by atoms with E-state index >= 15 is 0 Å². The molecule has 1 saturated heterocycles. The van der Waals surface area contributed by atoms with E-state index in [4.69, 9.17) is 20.9 Å². The molecule has 13 atom stereocenters. The molecule has 0 bridgehead atoms. The van der Waals surface area contributed by atoms with Gasteiger partial charge in [0.25, 0.3) is 0 Å². The monoisotopic (exact) mass is 628 g/mol. The highest BCUT2D eigenvalue weighted by Crippen LogP contribution is 2.89. The van der Waals surface area contributed by atoms with Crippen LogP contribution in [0, 0.1) is 54.6 Å². The molecule has 45 heavy (non-hydrogen) atoms. The molecule has 4 N–H and O–H groups in total. The van der Waals surface area contributed by atoms with Gasteiger partial charge in [-0.1, -0.05) is 58.3 Å². The van der Waals surface area contributed by atoms with E-state index in [1.54, 1.807) is 0 Å². The molecule has 9 nitrogen and oxygen atoms in total. The van der Waals surface area contributed by atoms with Crippen LogP contribution < -0.4 is 11.5 Å². The Morgan fingerprint density at radius 1 is 1.00 bits per heavy atom. The van der Waals surface area contributed by atoms with Gasteiger partial charge in [-0.15, -0.1) is 0 Å². The minimum atomic E-state index is -0.811. The minimum absolute atomic E-state index is 0.000802.